The first-order valence-electron chi connectivity index (χ1n) is 6.79. The van der Waals surface area contributed by atoms with Gasteiger partial charge in [-0.3, -0.25) is 0 Å². The number of aromatic amines is 1. The summed E-state index contributed by atoms with van der Waals surface area (Å²) in [6, 6.07) is 12.2. The van der Waals surface area contributed by atoms with E-state index in [9.17, 15) is 0 Å². The molecule has 0 saturated heterocycles. The Hall–Kier alpha value is -2.27. The number of nitrogens with one attached hydrogen (secondary N) is 1. The number of ether oxygens (including phenoxy) is 2. The number of hydrogen-bond donors (Lipinski definition) is 1. The maximum atomic E-state index is 5.46. The summed E-state index contributed by atoms with van der Waals surface area (Å²) in [7, 11) is 0. The molecule has 4 nitrogen and oxygen atoms in total. The van der Waals surface area contributed by atoms with Gasteiger partial charge in [0.25, 0.3) is 0 Å². The van der Waals surface area contributed by atoms with E-state index >= 15 is 0 Å². The molecule has 21 heavy (non-hydrogen) atoms. The van der Waals surface area contributed by atoms with Crippen molar-refractivity contribution in [1.29, 1.82) is 0 Å². The third kappa shape index (κ3) is 2.01. The maximum absolute atomic E-state index is 5.46. The van der Waals surface area contributed by atoms with Gasteiger partial charge < -0.3 is 19.0 Å². The van der Waals surface area contributed by atoms with Crippen LogP contribution in [-0.4, -0.2) is 16.3 Å². The Balaban J connectivity index is 1.81. The maximum Gasteiger partial charge on any atom is 0.231 e. The molecule has 2 aromatic carbocycles. The molecular formula is C16H14N2O2S. The van der Waals surface area contributed by atoms with Crippen molar-refractivity contribution in [2.75, 3.05) is 6.79 Å². The smallest absolute Gasteiger partial charge is 0.231 e. The van der Waals surface area contributed by atoms with Gasteiger partial charge in [0.05, 0.1) is 17.6 Å². The Morgan fingerprint density at radius 3 is 2.95 bits per heavy atom. The van der Waals surface area contributed by atoms with E-state index in [2.05, 4.69) is 22.5 Å². The van der Waals surface area contributed by atoms with Gasteiger partial charge in [0.2, 0.25) is 6.79 Å². The average Bonchev–Trinajstić information content (AvgIpc) is 3.04. The van der Waals surface area contributed by atoms with Crippen LogP contribution in [0.15, 0.2) is 36.4 Å². The largest absolute Gasteiger partial charge is 0.454 e. The number of imidazole rings is 1. The van der Waals surface area contributed by atoms with Crippen LogP contribution in [0.1, 0.15) is 11.1 Å². The van der Waals surface area contributed by atoms with Crippen LogP contribution in [0.3, 0.4) is 0 Å². The molecule has 2 heterocycles. The lowest BCUT2D eigenvalue weighted by molar-refractivity contribution is 0.174. The molecule has 0 unspecified atom stereocenters. The number of nitrogens with zero attached hydrogens (tertiary/aromatic N) is 1. The second kappa shape index (κ2) is 4.63. The van der Waals surface area contributed by atoms with Crippen molar-refractivity contribution in [2.45, 2.75) is 13.5 Å². The lowest BCUT2D eigenvalue weighted by Crippen LogP contribution is -2.00. The Kier molecular flexibility index (Phi) is 2.75. The molecule has 0 amide bonds. The average molecular weight is 298 g/mol. The van der Waals surface area contributed by atoms with E-state index in [1.54, 1.807) is 0 Å². The minimum atomic E-state index is 0.296. The molecule has 0 atom stereocenters. The van der Waals surface area contributed by atoms with Crippen LogP contribution in [-0.2, 0) is 6.54 Å². The topological polar surface area (TPSA) is 39.2 Å². The zero-order chi connectivity index (χ0) is 14.4. The first-order chi connectivity index (χ1) is 10.2. The van der Waals surface area contributed by atoms with E-state index in [4.69, 9.17) is 21.7 Å². The molecule has 0 bridgehead atoms. The Morgan fingerprint density at radius 1 is 1.19 bits per heavy atom. The molecule has 3 aromatic rings. The quantitative estimate of drug-likeness (QED) is 0.732. The number of H-pyrrole nitrogens is 1. The standard InChI is InChI=1S/C16H14N2O2S/c1-10-3-2-4-12-15(10)18(16(21)17-12)8-11-5-6-13-14(7-11)20-9-19-13/h2-7H,8-9H2,1H3,(H,17,21). The van der Waals surface area contributed by atoms with Gasteiger partial charge in [-0.2, -0.15) is 0 Å². The van der Waals surface area contributed by atoms with E-state index in [-0.39, 0.29) is 0 Å². The number of aryl methyl sites for hydroxylation is 1. The molecule has 1 aromatic heterocycles. The van der Waals surface area contributed by atoms with Crippen LogP contribution in [0.5, 0.6) is 11.5 Å². The first kappa shape index (κ1) is 12.5. The number of hydrogen-bond acceptors (Lipinski definition) is 3. The van der Waals surface area contributed by atoms with Gasteiger partial charge in [-0.25, -0.2) is 0 Å². The van der Waals surface area contributed by atoms with E-state index in [0.29, 0.717) is 13.3 Å². The molecule has 0 spiro atoms. The highest BCUT2D eigenvalue weighted by Crippen LogP contribution is 2.33. The van der Waals surface area contributed by atoms with Crippen LogP contribution in [0, 0.1) is 11.7 Å². The molecule has 0 saturated carbocycles. The lowest BCUT2D eigenvalue weighted by atomic mass is 10.1. The number of aromatic nitrogens is 2. The van der Waals surface area contributed by atoms with Crippen LogP contribution in [0.4, 0.5) is 0 Å². The highest BCUT2D eigenvalue weighted by molar-refractivity contribution is 7.71. The highest BCUT2D eigenvalue weighted by atomic mass is 32.1. The molecule has 1 aliphatic heterocycles. The summed E-state index contributed by atoms with van der Waals surface area (Å²) in [6.07, 6.45) is 0. The monoisotopic (exact) mass is 298 g/mol. The van der Waals surface area contributed by atoms with Gasteiger partial charge >= 0.3 is 0 Å². The molecule has 106 valence electrons. The molecule has 4 rings (SSSR count). The predicted molar refractivity (Wildman–Crippen MR) is 83.5 cm³/mol. The predicted octanol–water partition coefficient (Wildman–Crippen LogP) is 3.78. The van der Waals surface area contributed by atoms with Crippen molar-refractivity contribution in [1.82, 2.24) is 9.55 Å². The van der Waals surface area contributed by atoms with Crippen LogP contribution >= 0.6 is 12.2 Å². The Bertz CT molecular complexity index is 895. The number of para-hydroxylation sites is 1. The van der Waals surface area contributed by atoms with Gasteiger partial charge in [0.15, 0.2) is 16.3 Å². The van der Waals surface area contributed by atoms with Crippen molar-refractivity contribution in [2.24, 2.45) is 0 Å². The molecule has 1 aliphatic rings. The fraction of sp³-hybridized carbons (Fsp3) is 0.188. The SMILES string of the molecule is Cc1cccc2[nH]c(=S)n(Cc3ccc4c(c3)OCO4)c12. The van der Waals surface area contributed by atoms with Crippen molar-refractivity contribution < 1.29 is 9.47 Å². The third-order valence-corrected chi connectivity index (χ3v) is 4.09. The Labute approximate surface area is 126 Å². The zero-order valence-corrected chi connectivity index (χ0v) is 12.4. The second-order valence-corrected chi connectivity index (χ2v) is 5.56. The van der Waals surface area contributed by atoms with Crippen molar-refractivity contribution in [3.8, 4) is 11.5 Å². The summed E-state index contributed by atoms with van der Waals surface area (Å²) in [5.74, 6) is 1.60. The summed E-state index contributed by atoms with van der Waals surface area (Å²) in [5, 5.41) is 0. The molecule has 5 heteroatoms. The fourth-order valence-corrected chi connectivity index (χ4v) is 3.04. The molecule has 0 aliphatic carbocycles. The summed E-state index contributed by atoms with van der Waals surface area (Å²) in [6.45, 7) is 3.10. The first-order valence-corrected chi connectivity index (χ1v) is 7.20. The lowest BCUT2D eigenvalue weighted by Gasteiger charge is -2.07. The van der Waals surface area contributed by atoms with Crippen molar-refractivity contribution in [3.05, 3.63) is 52.3 Å². The minimum Gasteiger partial charge on any atom is -0.454 e. The van der Waals surface area contributed by atoms with E-state index < -0.39 is 0 Å². The fourth-order valence-electron chi connectivity index (χ4n) is 2.78. The van der Waals surface area contributed by atoms with E-state index in [1.807, 2.05) is 30.3 Å². The van der Waals surface area contributed by atoms with Gasteiger partial charge in [-0.1, -0.05) is 18.2 Å². The molecule has 1 N–H and O–H groups in total. The summed E-state index contributed by atoms with van der Waals surface area (Å²) in [4.78, 5) is 3.26. The van der Waals surface area contributed by atoms with Gasteiger partial charge in [0.1, 0.15) is 0 Å². The minimum absolute atomic E-state index is 0.296. The summed E-state index contributed by atoms with van der Waals surface area (Å²) < 4.78 is 13.6. The second-order valence-electron chi connectivity index (χ2n) is 5.17. The molecular weight excluding hydrogens is 284 g/mol. The summed E-state index contributed by atoms with van der Waals surface area (Å²) in [5.41, 5.74) is 4.57. The number of benzene rings is 2. The summed E-state index contributed by atoms with van der Waals surface area (Å²) >= 11 is 5.46. The molecule has 0 fully saturated rings. The Morgan fingerprint density at radius 2 is 2.05 bits per heavy atom. The van der Waals surface area contributed by atoms with E-state index in [0.717, 1.165) is 32.9 Å². The van der Waals surface area contributed by atoms with E-state index in [1.165, 1.54) is 5.56 Å². The number of rotatable bonds is 2. The van der Waals surface area contributed by atoms with Gasteiger partial charge in [0, 0.05) is 0 Å². The highest BCUT2D eigenvalue weighted by Gasteiger charge is 2.14. The van der Waals surface area contributed by atoms with Crippen molar-refractivity contribution >= 4 is 23.3 Å². The number of fused-ring (bicyclic) bond motifs is 2. The van der Waals surface area contributed by atoms with Crippen LogP contribution in [0.2, 0.25) is 0 Å². The van der Waals surface area contributed by atoms with Gasteiger partial charge in [-0.05, 0) is 48.5 Å². The zero-order valence-electron chi connectivity index (χ0n) is 11.6. The normalized spacial score (nSPS) is 13.0. The third-order valence-electron chi connectivity index (χ3n) is 3.77. The van der Waals surface area contributed by atoms with Crippen LogP contribution in [0.25, 0.3) is 11.0 Å². The van der Waals surface area contributed by atoms with Crippen molar-refractivity contribution in [3.63, 3.8) is 0 Å². The molecule has 0 radical (unpaired) electrons. The van der Waals surface area contributed by atoms with Crippen LogP contribution < -0.4 is 9.47 Å². The van der Waals surface area contributed by atoms with Gasteiger partial charge in [-0.15, -0.1) is 0 Å².